The van der Waals surface area contributed by atoms with Gasteiger partial charge in [0.25, 0.3) is 0 Å². The van der Waals surface area contributed by atoms with Crippen LogP contribution in [0.25, 0.3) is 0 Å². The van der Waals surface area contributed by atoms with E-state index in [1.165, 1.54) is 0 Å². The Morgan fingerprint density at radius 3 is 2.71 bits per heavy atom. The van der Waals surface area contributed by atoms with Gasteiger partial charge in [-0.15, -0.1) is 0 Å². The maximum atomic E-state index is 11.4. The van der Waals surface area contributed by atoms with Crippen LogP contribution in [-0.2, 0) is 24.9 Å². The van der Waals surface area contributed by atoms with Crippen molar-refractivity contribution in [1.29, 1.82) is 0 Å². The summed E-state index contributed by atoms with van der Waals surface area (Å²) < 4.78 is 6.66. The van der Waals surface area contributed by atoms with Gasteiger partial charge in [-0.1, -0.05) is 0 Å². The molecule has 0 aliphatic heterocycles. The number of aryl methyl sites for hydroxylation is 1. The van der Waals surface area contributed by atoms with E-state index >= 15 is 0 Å². The summed E-state index contributed by atoms with van der Waals surface area (Å²) in [6.07, 6.45) is -0.478. The van der Waals surface area contributed by atoms with E-state index < -0.39 is 11.7 Å². The Morgan fingerprint density at radius 2 is 2.24 bits per heavy atom. The van der Waals surface area contributed by atoms with Crippen molar-refractivity contribution in [2.75, 3.05) is 0 Å². The molecule has 0 atom stereocenters. The van der Waals surface area contributed by atoms with Gasteiger partial charge in [-0.2, -0.15) is 5.10 Å². The lowest BCUT2D eigenvalue weighted by atomic mass is 10.2. The molecule has 0 saturated heterocycles. The molecule has 1 rings (SSSR count). The van der Waals surface area contributed by atoms with Crippen LogP contribution in [0.15, 0.2) is 6.07 Å². The first-order valence-electron chi connectivity index (χ1n) is 5.41. The third-order valence-corrected chi connectivity index (χ3v) is 2.00. The van der Waals surface area contributed by atoms with Crippen LogP contribution in [-0.4, -0.2) is 26.6 Å². The van der Waals surface area contributed by atoms with Gasteiger partial charge in [0.05, 0.1) is 24.5 Å². The minimum absolute atomic E-state index is 0.0735. The molecule has 6 heteroatoms. The lowest BCUT2D eigenvalue weighted by molar-refractivity contribution is 0.0523. The molecule has 1 aromatic heterocycles. The van der Waals surface area contributed by atoms with Crippen molar-refractivity contribution < 1.29 is 14.6 Å². The van der Waals surface area contributed by atoms with Crippen LogP contribution < -0.4 is 5.32 Å². The van der Waals surface area contributed by atoms with Gasteiger partial charge >= 0.3 is 6.09 Å². The highest BCUT2D eigenvalue weighted by molar-refractivity contribution is 5.67. The van der Waals surface area contributed by atoms with Crippen LogP contribution in [0.4, 0.5) is 4.79 Å². The highest BCUT2D eigenvalue weighted by Crippen LogP contribution is 2.07. The molecule has 1 aromatic rings. The van der Waals surface area contributed by atoms with E-state index in [4.69, 9.17) is 9.84 Å². The lowest BCUT2D eigenvalue weighted by Gasteiger charge is -2.19. The zero-order valence-corrected chi connectivity index (χ0v) is 10.6. The largest absolute Gasteiger partial charge is 0.444 e. The van der Waals surface area contributed by atoms with E-state index in [1.807, 2.05) is 0 Å². The molecular weight excluding hydrogens is 222 g/mol. The normalized spacial score (nSPS) is 11.4. The first-order chi connectivity index (χ1) is 7.81. The van der Waals surface area contributed by atoms with Crippen molar-refractivity contribution in [3.8, 4) is 0 Å². The maximum Gasteiger partial charge on any atom is 0.407 e. The third-order valence-electron chi connectivity index (χ3n) is 2.00. The van der Waals surface area contributed by atoms with Gasteiger partial charge in [0.15, 0.2) is 0 Å². The summed E-state index contributed by atoms with van der Waals surface area (Å²) in [4.78, 5) is 11.4. The van der Waals surface area contributed by atoms with Crippen molar-refractivity contribution in [2.45, 2.75) is 39.5 Å². The first kappa shape index (κ1) is 13.5. The number of nitrogens with zero attached hydrogens (tertiary/aromatic N) is 2. The molecule has 2 N–H and O–H groups in total. The standard InChI is InChI=1S/C11H19N3O3/c1-11(2,3)17-10(16)12-6-8-5-9(7-15)14(4)13-8/h5,15H,6-7H2,1-4H3,(H,12,16). The molecule has 0 bridgehead atoms. The van der Waals surface area contributed by atoms with E-state index in [1.54, 1.807) is 38.6 Å². The summed E-state index contributed by atoms with van der Waals surface area (Å²) in [5, 5.41) is 15.7. The quantitative estimate of drug-likeness (QED) is 0.825. The smallest absolute Gasteiger partial charge is 0.407 e. The van der Waals surface area contributed by atoms with Gasteiger partial charge in [-0.25, -0.2) is 4.79 Å². The summed E-state index contributed by atoms with van der Waals surface area (Å²) in [6.45, 7) is 5.62. The fourth-order valence-electron chi connectivity index (χ4n) is 1.28. The second kappa shape index (κ2) is 5.18. The SMILES string of the molecule is Cn1nc(CNC(=O)OC(C)(C)C)cc1CO. The maximum absolute atomic E-state index is 11.4. The number of ether oxygens (including phenoxy) is 1. The molecule has 0 unspecified atom stereocenters. The number of aliphatic hydroxyl groups is 1. The zero-order chi connectivity index (χ0) is 13.1. The Hall–Kier alpha value is -1.56. The topological polar surface area (TPSA) is 76.4 Å². The average Bonchev–Trinajstić information content (AvgIpc) is 2.53. The summed E-state index contributed by atoms with van der Waals surface area (Å²) in [6, 6.07) is 1.73. The van der Waals surface area contributed by atoms with Crippen LogP contribution >= 0.6 is 0 Å². The number of nitrogens with one attached hydrogen (secondary N) is 1. The monoisotopic (exact) mass is 241 g/mol. The van der Waals surface area contributed by atoms with E-state index in [2.05, 4.69) is 10.4 Å². The van der Waals surface area contributed by atoms with Gasteiger partial charge in [0.2, 0.25) is 0 Å². The van der Waals surface area contributed by atoms with E-state index in [9.17, 15) is 4.79 Å². The van der Waals surface area contributed by atoms with Crippen LogP contribution in [0.3, 0.4) is 0 Å². The number of hydrogen-bond acceptors (Lipinski definition) is 4. The predicted octanol–water partition coefficient (Wildman–Crippen LogP) is 0.937. The molecule has 0 spiro atoms. The Labute approximate surface area is 101 Å². The van der Waals surface area contributed by atoms with Crippen molar-refractivity contribution in [3.05, 3.63) is 17.5 Å². The highest BCUT2D eigenvalue weighted by atomic mass is 16.6. The Morgan fingerprint density at radius 1 is 1.59 bits per heavy atom. The molecule has 0 radical (unpaired) electrons. The predicted molar refractivity (Wildman–Crippen MR) is 62.2 cm³/mol. The van der Waals surface area contributed by atoms with Crippen LogP contribution in [0, 0.1) is 0 Å². The second-order valence-electron chi connectivity index (χ2n) is 4.76. The molecule has 1 heterocycles. The molecular formula is C11H19N3O3. The molecule has 0 aliphatic rings. The number of rotatable bonds is 3. The van der Waals surface area contributed by atoms with Crippen molar-refractivity contribution in [3.63, 3.8) is 0 Å². The number of amides is 1. The van der Waals surface area contributed by atoms with E-state index in [-0.39, 0.29) is 13.2 Å². The molecule has 6 nitrogen and oxygen atoms in total. The van der Waals surface area contributed by atoms with E-state index in [0.717, 1.165) is 0 Å². The Bertz CT molecular complexity index is 393. The number of carbonyl (C=O) groups is 1. The fraction of sp³-hybridized carbons (Fsp3) is 0.636. The third kappa shape index (κ3) is 4.44. The lowest BCUT2D eigenvalue weighted by Crippen LogP contribution is -2.32. The molecule has 1 amide bonds. The summed E-state index contributed by atoms with van der Waals surface area (Å²) in [7, 11) is 1.74. The van der Waals surface area contributed by atoms with Gasteiger partial charge in [-0.05, 0) is 26.8 Å². The van der Waals surface area contributed by atoms with Crippen molar-refractivity contribution in [2.24, 2.45) is 7.05 Å². The molecule has 96 valence electrons. The number of alkyl carbamates (subject to hydrolysis) is 1. The molecule has 0 fully saturated rings. The molecule has 0 aliphatic carbocycles. The molecule has 17 heavy (non-hydrogen) atoms. The van der Waals surface area contributed by atoms with Crippen LogP contribution in [0.1, 0.15) is 32.2 Å². The van der Waals surface area contributed by atoms with Crippen molar-refractivity contribution >= 4 is 6.09 Å². The summed E-state index contributed by atoms with van der Waals surface area (Å²) >= 11 is 0. The highest BCUT2D eigenvalue weighted by Gasteiger charge is 2.16. The average molecular weight is 241 g/mol. The van der Waals surface area contributed by atoms with Gasteiger partial charge in [0, 0.05) is 7.05 Å². The molecule has 0 saturated carbocycles. The number of carbonyl (C=O) groups excluding carboxylic acids is 1. The minimum Gasteiger partial charge on any atom is -0.444 e. The van der Waals surface area contributed by atoms with E-state index in [0.29, 0.717) is 11.4 Å². The van der Waals surface area contributed by atoms with Gasteiger partial charge < -0.3 is 15.2 Å². The molecule has 0 aromatic carbocycles. The van der Waals surface area contributed by atoms with Crippen molar-refractivity contribution in [1.82, 2.24) is 15.1 Å². The van der Waals surface area contributed by atoms with Crippen LogP contribution in [0.5, 0.6) is 0 Å². The van der Waals surface area contributed by atoms with Gasteiger partial charge in [-0.3, -0.25) is 4.68 Å². The number of aromatic nitrogens is 2. The zero-order valence-electron chi connectivity index (χ0n) is 10.6. The first-order valence-corrected chi connectivity index (χ1v) is 5.41. The Kier molecular flexibility index (Phi) is 4.11. The second-order valence-corrected chi connectivity index (χ2v) is 4.76. The Balaban J connectivity index is 2.47. The summed E-state index contributed by atoms with van der Waals surface area (Å²) in [5.74, 6) is 0. The number of aliphatic hydroxyl groups excluding tert-OH is 1. The minimum atomic E-state index is -0.509. The summed E-state index contributed by atoms with van der Waals surface area (Å²) in [5.41, 5.74) is 0.873. The van der Waals surface area contributed by atoms with Crippen LogP contribution in [0.2, 0.25) is 0 Å². The van der Waals surface area contributed by atoms with Gasteiger partial charge in [0.1, 0.15) is 5.60 Å². The fourth-order valence-corrected chi connectivity index (χ4v) is 1.28. The number of hydrogen-bond donors (Lipinski definition) is 2.